The Kier molecular flexibility index (Phi) is 5.35. The molecule has 2 N–H and O–H groups in total. The number of sulfonamides is 1. The van der Waals surface area contributed by atoms with Crippen molar-refractivity contribution < 1.29 is 8.42 Å². The molecule has 6 heteroatoms. The van der Waals surface area contributed by atoms with E-state index in [1.54, 1.807) is 18.3 Å². The van der Waals surface area contributed by atoms with Gasteiger partial charge in [-0.3, -0.25) is 0 Å². The summed E-state index contributed by atoms with van der Waals surface area (Å²) in [5, 5.41) is 3.12. The number of nitrogens with one attached hydrogen (secondary N) is 2. The van der Waals surface area contributed by atoms with Gasteiger partial charge < -0.3 is 5.32 Å². The van der Waals surface area contributed by atoms with E-state index in [2.05, 4.69) is 28.9 Å². The van der Waals surface area contributed by atoms with Crippen molar-refractivity contribution in [3.8, 4) is 0 Å². The average molecular weight is 311 g/mol. The standard InChI is InChI=1S/C15H25N3O2S/c1-11-5-4-6-14(12(11)2)18-21(19,20)15-8-7-13(9-16-3)10-17-15/h7-8,10-12,14,16,18H,4-6,9H2,1-3H3. The molecule has 1 aromatic heterocycles. The first-order valence-electron chi connectivity index (χ1n) is 7.56. The van der Waals surface area contributed by atoms with Gasteiger partial charge in [-0.1, -0.05) is 32.8 Å². The van der Waals surface area contributed by atoms with Crippen molar-refractivity contribution in [2.45, 2.75) is 50.7 Å². The Hall–Kier alpha value is -0.980. The van der Waals surface area contributed by atoms with E-state index in [-0.39, 0.29) is 11.1 Å². The van der Waals surface area contributed by atoms with Crippen LogP contribution in [0.2, 0.25) is 0 Å². The fourth-order valence-electron chi connectivity index (χ4n) is 2.89. The molecule has 21 heavy (non-hydrogen) atoms. The molecule has 0 bridgehead atoms. The fraction of sp³-hybridized carbons (Fsp3) is 0.667. The van der Waals surface area contributed by atoms with Crippen LogP contribution in [0.5, 0.6) is 0 Å². The van der Waals surface area contributed by atoms with Crippen LogP contribution in [-0.4, -0.2) is 26.5 Å². The maximum absolute atomic E-state index is 12.4. The molecular weight excluding hydrogens is 286 g/mol. The molecule has 3 unspecified atom stereocenters. The van der Waals surface area contributed by atoms with Crippen LogP contribution in [0.4, 0.5) is 0 Å². The molecular formula is C15H25N3O2S. The van der Waals surface area contributed by atoms with Crippen LogP contribution in [-0.2, 0) is 16.6 Å². The number of hydrogen-bond acceptors (Lipinski definition) is 4. The predicted molar refractivity (Wildman–Crippen MR) is 83.3 cm³/mol. The summed E-state index contributed by atoms with van der Waals surface area (Å²) < 4.78 is 27.7. The van der Waals surface area contributed by atoms with E-state index in [0.717, 1.165) is 18.4 Å². The Balaban J connectivity index is 2.10. The highest BCUT2D eigenvalue weighted by atomic mass is 32.2. The van der Waals surface area contributed by atoms with Crippen molar-refractivity contribution in [1.29, 1.82) is 0 Å². The van der Waals surface area contributed by atoms with Crippen LogP contribution >= 0.6 is 0 Å². The zero-order valence-electron chi connectivity index (χ0n) is 13.0. The number of nitrogens with zero attached hydrogens (tertiary/aromatic N) is 1. The molecule has 0 aromatic carbocycles. The summed E-state index contributed by atoms with van der Waals surface area (Å²) in [5.41, 5.74) is 0.969. The van der Waals surface area contributed by atoms with Gasteiger partial charge >= 0.3 is 0 Å². The van der Waals surface area contributed by atoms with Crippen LogP contribution in [0.1, 0.15) is 38.7 Å². The lowest BCUT2D eigenvalue weighted by Crippen LogP contribution is -2.43. The van der Waals surface area contributed by atoms with Crippen LogP contribution < -0.4 is 10.0 Å². The smallest absolute Gasteiger partial charge is 0.258 e. The van der Waals surface area contributed by atoms with Gasteiger partial charge in [0.1, 0.15) is 0 Å². The summed E-state index contributed by atoms with van der Waals surface area (Å²) in [6.45, 7) is 4.99. The van der Waals surface area contributed by atoms with Gasteiger partial charge in [-0.15, -0.1) is 0 Å². The SMILES string of the molecule is CNCc1ccc(S(=O)(=O)NC2CCCC(C)C2C)nc1. The number of pyridine rings is 1. The lowest BCUT2D eigenvalue weighted by atomic mass is 9.78. The van der Waals surface area contributed by atoms with E-state index in [1.807, 2.05) is 7.05 Å². The Morgan fingerprint density at radius 2 is 2.05 bits per heavy atom. The Morgan fingerprint density at radius 3 is 2.67 bits per heavy atom. The van der Waals surface area contributed by atoms with Crippen LogP contribution in [0, 0.1) is 11.8 Å². The minimum atomic E-state index is -3.53. The van der Waals surface area contributed by atoms with Gasteiger partial charge in [0.2, 0.25) is 0 Å². The van der Waals surface area contributed by atoms with Gasteiger partial charge in [0.25, 0.3) is 10.0 Å². The number of aromatic nitrogens is 1. The molecule has 1 aliphatic rings. The summed E-state index contributed by atoms with van der Waals surface area (Å²) >= 11 is 0. The molecule has 0 spiro atoms. The minimum Gasteiger partial charge on any atom is -0.316 e. The molecule has 0 amide bonds. The molecule has 2 rings (SSSR count). The summed E-state index contributed by atoms with van der Waals surface area (Å²) in [4.78, 5) is 4.09. The third-order valence-corrected chi connectivity index (χ3v) is 5.87. The maximum atomic E-state index is 12.4. The molecule has 118 valence electrons. The van der Waals surface area contributed by atoms with Crippen molar-refractivity contribution in [3.63, 3.8) is 0 Å². The zero-order chi connectivity index (χ0) is 15.5. The third kappa shape index (κ3) is 4.02. The highest BCUT2D eigenvalue weighted by Gasteiger charge is 2.31. The number of rotatable bonds is 5. The zero-order valence-corrected chi connectivity index (χ0v) is 13.8. The summed E-state index contributed by atoms with van der Waals surface area (Å²) in [6, 6.07) is 3.38. The molecule has 1 aromatic rings. The first-order chi connectivity index (χ1) is 9.94. The van der Waals surface area contributed by atoms with E-state index in [4.69, 9.17) is 0 Å². The maximum Gasteiger partial charge on any atom is 0.258 e. The Labute approximate surface area is 127 Å². The molecule has 3 atom stereocenters. The van der Waals surface area contributed by atoms with E-state index in [9.17, 15) is 8.42 Å². The molecule has 0 aliphatic heterocycles. The highest BCUT2D eigenvalue weighted by Crippen LogP contribution is 2.30. The van der Waals surface area contributed by atoms with Gasteiger partial charge in [0, 0.05) is 18.8 Å². The van der Waals surface area contributed by atoms with Gasteiger partial charge in [0.05, 0.1) is 0 Å². The van der Waals surface area contributed by atoms with Crippen LogP contribution in [0.3, 0.4) is 0 Å². The predicted octanol–water partition coefficient (Wildman–Crippen LogP) is 1.90. The fourth-order valence-corrected chi connectivity index (χ4v) is 4.18. The van der Waals surface area contributed by atoms with E-state index >= 15 is 0 Å². The summed E-state index contributed by atoms with van der Waals surface area (Å²) in [7, 11) is -1.68. The Bertz CT molecular complexity index is 557. The monoisotopic (exact) mass is 311 g/mol. The van der Waals surface area contributed by atoms with Gasteiger partial charge in [0.15, 0.2) is 5.03 Å². The van der Waals surface area contributed by atoms with Crippen LogP contribution in [0.15, 0.2) is 23.4 Å². The first kappa shape index (κ1) is 16.4. The topological polar surface area (TPSA) is 71.1 Å². The Morgan fingerprint density at radius 1 is 1.29 bits per heavy atom. The lowest BCUT2D eigenvalue weighted by molar-refractivity contribution is 0.227. The summed E-state index contributed by atoms with van der Waals surface area (Å²) in [6.07, 6.45) is 4.77. The molecule has 1 aliphatic carbocycles. The highest BCUT2D eigenvalue weighted by molar-refractivity contribution is 7.89. The quantitative estimate of drug-likeness (QED) is 0.871. The molecule has 1 fully saturated rings. The second-order valence-electron chi connectivity index (χ2n) is 6.03. The second-order valence-corrected chi connectivity index (χ2v) is 7.69. The minimum absolute atomic E-state index is 0.0116. The lowest BCUT2D eigenvalue weighted by Gasteiger charge is -2.34. The molecule has 1 heterocycles. The van der Waals surface area contributed by atoms with Crippen molar-refractivity contribution >= 4 is 10.0 Å². The third-order valence-electron chi connectivity index (χ3n) is 4.47. The molecule has 5 nitrogen and oxygen atoms in total. The molecule has 0 radical (unpaired) electrons. The van der Waals surface area contributed by atoms with Gasteiger partial charge in [-0.2, -0.15) is 0 Å². The molecule has 1 saturated carbocycles. The molecule has 0 saturated heterocycles. The normalized spacial score (nSPS) is 26.7. The van der Waals surface area contributed by atoms with Crippen molar-refractivity contribution in [2.24, 2.45) is 11.8 Å². The summed E-state index contributed by atoms with van der Waals surface area (Å²) in [5.74, 6) is 0.912. The van der Waals surface area contributed by atoms with Crippen molar-refractivity contribution in [3.05, 3.63) is 23.9 Å². The van der Waals surface area contributed by atoms with E-state index < -0.39 is 10.0 Å². The van der Waals surface area contributed by atoms with E-state index in [1.165, 1.54) is 6.42 Å². The largest absolute Gasteiger partial charge is 0.316 e. The number of hydrogen-bond donors (Lipinski definition) is 2. The van der Waals surface area contributed by atoms with E-state index in [0.29, 0.717) is 18.4 Å². The van der Waals surface area contributed by atoms with Crippen LogP contribution in [0.25, 0.3) is 0 Å². The average Bonchev–Trinajstić information content (AvgIpc) is 2.45. The first-order valence-corrected chi connectivity index (χ1v) is 9.04. The second kappa shape index (κ2) is 6.85. The van der Waals surface area contributed by atoms with Gasteiger partial charge in [-0.05, 0) is 36.9 Å². The van der Waals surface area contributed by atoms with Crippen molar-refractivity contribution in [1.82, 2.24) is 15.0 Å². The van der Waals surface area contributed by atoms with Crippen molar-refractivity contribution in [2.75, 3.05) is 7.05 Å². The van der Waals surface area contributed by atoms with Gasteiger partial charge in [-0.25, -0.2) is 18.1 Å².